The first-order valence-corrected chi connectivity index (χ1v) is 6.89. The van der Waals surface area contributed by atoms with E-state index in [0.29, 0.717) is 12.3 Å². The summed E-state index contributed by atoms with van der Waals surface area (Å²) in [4.78, 5) is 2.14. The van der Waals surface area contributed by atoms with Gasteiger partial charge in [0, 0.05) is 4.90 Å². The van der Waals surface area contributed by atoms with Gasteiger partial charge in [-0.3, -0.25) is 0 Å². The van der Waals surface area contributed by atoms with Gasteiger partial charge in [-0.25, -0.2) is 0 Å². The number of methoxy groups -OCH3 is 1. The lowest BCUT2D eigenvalue weighted by Crippen LogP contribution is -1.96. The first-order valence-electron chi connectivity index (χ1n) is 6.07. The van der Waals surface area contributed by atoms with Gasteiger partial charge in [-0.1, -0.05) is 23.9 Å². The number of para-hydroxylation sites is 1. The van der Waals surface area contributed by atoms with Crippen molar-refractivity contribution < 1.29 is 9.47 Å². The Balaban J connectivity index is 2.25. The number of nitrogen functional groups attached to an aromatic ring is 1. The van der Waals surface area contributed by atoms with Gasteiger partial charge in [0.25, 0.3) is 0 Å². The normalized spacial score (nSPS) is 10.2. The first kappa shape index (κ1) is 13.6. The molecule has 0 aromatic heterocycles. The molecule has 0 heterocycles. The van der Waals surface area contributed by atoms with Crippen LogP contribution in [0, 0.1) is 0 Å². The number of ether oxygens (including phenoxy) is 2. The molecule has 0 unspecified atom stereocenters. The summed E-state index contributed by atoms with van der Waals surface area (Å²) in [6.07, 6.45) is 0. The molecule has 2 rings (SSSR count). The maximum atomic E-state index is 5.87. The van der Waals surface area contributed by atoms with Crippen LogP contribution in [0.3, 0.4) is 0 Å². The van der Waals surface area contributed by atoms with E-state index in [4.69, 9.17) is 15.2 Å². The third kappa shape index (κ3) is 3.35. The second-order valence-corrected chi connectivity index (χ2v) is 5.00. The summed E-state index contributed by atoms with van der Waals surface area (Å²) >= 11 is 1.63. The van der Waals surface area contributed by atoms with Crippen LogP contribution in [-0.2, 0) is 0 Å². The molecule has 19 heavy (non-hydrogen) atoms. The topological polar surface area (TPSA) is 44.5 Å². The molecule has 0 aliphatic carbocycles. The van der Waals surface area contributed by atoms with Crippen LogP contribution >= 0.6 is 11.8 Å². The molecule has 0 spiro atoms. The third-order valence-corrected chi connectivity index (χ3v) is 3.63. The highest BCUT2D eigenvalue weighted by Gasteiger charge is 2.07. The molecule has 2 N–H and O–H groups in total. The van der Waals surface area contributed by atoms with Crippen LogP contribution in [0.5, 0.6) is 11.5 Å². The van der Waals surface area contributed by atoms with E-state index in [9.17, 15) is 0 Å². The summed E-state index contributed by atoms with van der Waals surface area (Å²) in [7, 11) is 1.67. The van der Waals surface area contributed by atoms with E-state index >= 15 is 0 Å². The summed E-state index contributed by atoms with van der Waals surface area (Å²) in [6, 6.07) is 13.7. The molecule has 0 fully saturated rings. The van der Waals surface area contributed by atoms with Gasteiger partial charge in [0.2, 0.25) is 0 Å². The van der Waals surface area contributed by atoms with E-state index < -0.39 is 0 Å². The molecule has 100 valence electrons. The van der Waals surface area contributed by atoms with E-state index in [1.54, 1.807) is 18.9 Å². The minimum atomic E-state index is 0.604. The van der Waals surface area contributed by atoms with Gasteiger partial charge < -0.3 is 15.2 Å². The van der Waals surface area contributed by atoms with Crippen molar-refractivity contribution in [3.05, 3.63) is 42.5 Å². The van der Waals surface area contributed by atoms with Crippen LogP contribution in [0.15, 0.2) is 52.3 Å². The Bertz CT molecular complexity index is 558. The van der Waals surface area contributed by atoms with Gasteiger partial charge in [0.1, 0.15) is 11.5 Å². The predicted octanol–water partition coefficient (Wildman–Crippen LogP) is 3.83. The lowest BCUT2D eigenvalue weighted by atomic mass is 10.3. The van der Waals surface area contributed by atoms with Gasteiger partial charge in [0.15, 0.2) is 0 Å². The summed E-state index contributed by atoms with van der Waals surface area (Å²) < 4.78 is 10.8. The highest BCUT2D eigenvalue weighted by Crippen LogP contribution is 2.37. The zero-order valence-corrected chi connectivity index (χ0v) is 11.9. The number of nitrogens with two attached hydrogens (primary N) is 1. The van der Waals surface area contributed by atoms with Crippen molar-refractivity contribution >= 4 is 17.4 Å². The molecule has 0 saturated heterocycles. The average Bonchev–Trinajstić information content (AvgIpc) is 2.43. The minimum absolute atomic E-state index is 0.604. The molecule has 2 aromatic carbocycles. The monoisotopic (exact) mass is 275 g/mol. The molecular formula is C15H17NO2S. The Morgan fingerprint density at radius 2 is 1.89 bits per heavy atom. The van der Waals surface area contributed by atoms with Crippen LogP contribution < -0.4 is 15.2 Å². The fourth-order valence-electron chi connectivity index (χ4n) is 1.69. The highest BCUT2D eigenvalue weighted by molar-refractivity contribution is 7.99. The van der Waals surface area contributed by atoms with Crippen LogP contribution in [0.1, 0.15) is 6.92 Å². The average molecular weight is 275 g/mol. The Morgan fingerprint density at radius 1 is 1.11 bits per heavy atom. The number of hydrogen-bond donors (Lipinski definition) is 1. The van der Waals surface area contributed by atoms with Crippen molar-refractivity contribution in [3.63, 3.8) is 0 Å². The molecule has 0 saturated carbocycles. The molecule has 0 bridgehead atoms. The van der Waals surface area contributed by atoms with Crippen molar-refractivity contribution in [1.82, 2.24) is 0 Å². The van der Waals surface area contributed by atoms with Crippen molar-refractivity contribution in [2.45, 2.75) is 16.7 Å². The second kappa shape index (κ2) is 6.38. The fourth-order valence-corrected chi connectivity index (χ4v) is 2.64. The largest absolute Gasteiger partial charge is 0.496 e. The number of rotatable bonds is 5. The molecule has 3 nitrogen and oxygen atoms in total. The summed E-state index contributed by atoms with van der Waals surface area (Å²) in [6.45, 7) is 2.55. The Hall–Kier alpha value is -1.81. The number of hydrogen-bond acceptors (Lipinski definition) is 4. The smallest absolute Gasteiger partial charge is 0.143 e. The summed E-state index contributed by atoms with van der Waals surface area (Å²) in [5.74, 6) is 1.59. The van der Waals surface area contributed by atoms with E-state index in [0.717, 1.165) is 21.3 Å². The molecule has 0 radical (unpaired) electrons. The van der Waals surface area contributed by atoms with E-state index in [-0.39, 0.29) is 0 Å². The van der Waals surface area contributed by atoms with Crippen molar-refractivity contribution in [1.29, 1.82) is 0 Å². The first-order chi connectivity index (χ1) is 9.24. The van der Waals surface area contributed by atoms with Crippen LogP contribution in [0.2, 0.25) is 0 Å². The van der Waals surface area contributed by atoms with Gasteiger partial charge in [-0.2, -0.15) is 0 Å². The van der Waals surface area contributed by atoms with Crippen molar-refractivity contribution in [2.24, 2.45) is 0 Å². The summed E-state index contributed by atoms with van der Waals surface area (Å²) in [5.41, 5.74) is 6.52. The van der Waals surface area contributed by atoms with Crippen LogP contribution in [0.4, 0.5) is 5.69 Å². The molecular weight excluding hydrogens is 258 g/mol. The summed E-state index contributed by atoms with van der Waals surface area (Å²) in [5, 5.41) is 0. The molecule has 4 heteroatoms. The molecule has 0 atom stereocenters. The Kier molecular flexibility index (Phi) is 4.58. The zero-order valence-electron chi connectivity index (χ0n) is 11.1. The van der Waals surface area contributed by atoms with Crippen molar-refractivity contribution in [3.8, 4) is 11.5 Å². The predicted molar refractivity (Wildman–Crippen MR) is 79.1 cm³/mol. The molecule has 2 aromatic rings. The van der Waals surface area contributed by atoms with Gasteiger partial charge in [-0.15, -0.1) is 0 Å². The van der Waals surface area contributed by atoms with Crippen molar-refractivity contribution in [2.75, 3.05) is 19.5 Å². The Labute approximate surface area is 117 Å². The second-order valence-electron chi connectivity index (χ2n) is 3.89. The standard InChI is InChI=1S/C15H17NO2S/c1-3-18-14-10-11(8-9-12(14)16)19-15-7-5-4-6-13(15)17-2/h4-10H,3,16H2,1-2H3. The zero-order chi connectivity index (χ0) is 13.7. The molecule has 0 aliphatic rings. The van der Waals surface area contributed by atoms with Gasteiger partial charge in [0.05, 0.1) is 24.3 Å². The molecule has 0 aliphatic heterocycles. The lowest BCUT2D eigenvalue weighted by Gasteiger charge is -2.10. The highest BCUT2D eigenvalue weighted by atomic mass is 32.2. The maximum Gasteiger partial charge on any atom is 0.143 e. The number of anilines is 1. The third-order valence-electron chi connectivity index (χ3n) is 2.58. The fraction of sp³-hybridized carbons (Fsp3) is 0.200. The quantitative estimate of drug-likeness (QED) is 0.842. The minimum Gasteiger partial charge on any atom is -0.496 e. The van der Waals surface area contributed by atoms with E-state index in [1.165, 1.54) is 0 Å². The number of benzene rings is 2. The maximum absolute atomic E-state index is 5.87. The van der Waals surface area contributed by atoms with Crippen LogP contribution in [-0.4, -0.2) is 13.7 Å². The van der Waals surface area contributed by atoms with Gasteiger partial charge >= 0.3 is 0 Å². The van der Waals surface area contributed by atoms with Crippen LogP contribution in [0.25, 0.3) is 0 Å². The molecule has 0 amide bonds. The van der Waals surface area contributed by atoms with E-state index in [2.05, 4.69) is 0 Å². The van der Waals surface area contributed by atoms with E-state index in [1.807, 2.05) is 49.4 Å². The van der Waals surface area contributed by atoms with Gasteiger partial charge in [-0.05, 0) is 37.3 Å². The lowest BCUT2D eigenvalue weighted by molar-refractivity contribution is 0.341. The SMILES string of the molecule is CCOc1cc(Sc2ccccc2OC)ccc1N. The Morgan fingerprint density at radius 3 is 2.63 bits per heavy atom.